The van der Waals surface area contributed by atoms with Gasteiger partial charge in [-0.3, -0.25) is 4.79 Å². The molecule has 2 heterocycles. The Balaban J connectivity index is 1.96. The Bertz CT molecular complexity index is 422. The number of methoxy groups -OCH3 is 1. The number of carbonyl (C=O) groups excluding carboxylic acids is 1. The molecule has 1 fully saturated rings. The van der Waals surface area contributed by atoms with Gasteiger partial charge < -0.3 is 20.1 Å². The van der Waals surface area contributed by atoms with E-state index in [2.05, 4.69) is 4.98 Å². The lowest BCUT2D eigenvalue weighted by Gasteiger charge is -2.33. The second-order valence-electron chi connectivity index (χ2n) is 4.50. The summed E-state index contributed by atoms with van der Waals surface area (Å²) in [5, 5.41) is 0. The average Bonchev–Trinajstić information content (AvgIpc) is 2.45. The van der Waals surface area contributed by atoms with Gasteiger partial charge in [0.15, 0.2) is 0 Å². The quantitative estimate of drug-likeness (QED) is 0.859. The predicted octanol–water partition coefficient (Wildman–Crippen LogP) is 0.541. The Morgan fingerprint density at radius 1 is 1.63 bits per heavy atom. The zero-order valence-electron chi connectivity index (χ0n) is 11.0. The molecular formula is C13H19N3O3. The van der Waals surface area contributed by atoms with Crippen LogP contribution >= 0.6 is 0 Å². The van der Waals surface area contributed by atoms with E-state index in [1.54, 1.807) is 24.1 Å². The molecule has 0 aliphatic carbocycles. The Morgan fingerprint density at radius 3 is 3.16 bits per heavy atom. The first-order valence-corrected chi connectivity index (χ1v) is 6.32. The van der Waals surface area contributed by atoms with Crippen molar-refractivity contribution in [3.05, 3.63) is 23.9 Å². The van der Waals surface area contributed by atoms with Gasteiger partial charge in [-0.05, 0) is 18.6 Å². The number of rotatable bonds is 4. The Labute approximate surface area is 112 Å². The number of amides is 1. The number of hydrogen-bond donors (Lipinski definition) is 1. The van der Waals surface area contributed by atoms with Gasteiger partial charge in [0, 0.05) is 33.0 Å². The first-order chi connectivity index (χ1) is 9.20. The molecule has 1 aromatic heterocycles. The van der Waals surface area contributed by atoms with Crippen LogP contribution in [0.1, 0.15) is 16.8 Å². The largest absolute Gasteiger partial charge is 0.385 e. The number of hydrogen-bond acceptors (Lipinski definition) is 5. The maximum Gasteiger partial charge on any atom is 0.255 e. The molecule has 0 aromatic carbocycles. The Hall–Kier alpha value is -1.66. The van der Waals surface area contributed by atoms with Gasteiger partial charge in [0.25, 0.3) is 5.91 Å². The summed E-state index contributed by atoms with van der Waals surface area (Å²) in [4.78, 5) is 18.0. The minimum atomic E-state index is -0.0294. The molecule has 6 nitrogen and oxygen atoms in total. The van der Waals surface area contributed by atoms with Crippen LogP contribution in [0.15, 0.2) is 18.3 Å². The second kappa shape index (κ2) is 6.49. The highest BCUT2D eigenvalue weighted by molar-refractivity contribution is 5.94. The van der Waals surface area contributed by atoms with Crippen LogP contribution in [0, 0.1) is 0 Å². The fourth-order valence-corrected chi connectivity index (χ4v) is 2.04. The molecule has 0 spiro atoms. The number of anilines is 1. The third-order valence-electron chi connectivity index (χ3n) is 3.10. The summed E-state index contributed by atoms with van der Waals surface area (Å²) in [6.45, 7) is 2.39. The van der Waals surface area contributed by atoms with Crippen LogP contribution in [0.3, 0.4) is 0 Å². The normalized spacial score (nSPS) is 19.4. The minimum Gasteiger partial charge on any atom is -0.385 e. The predicted molar refractivity (Wildman–Crippen MR) is 70.8 cm³/mol. The Kier molecular flexibility index (Phi) is 4.70. The van der Waals surface area contributed by atoms with E-state index in [-0.39, 0.29) is 12.0 Å². The van der Waals surface area contributed by atoms with Crippen LogP contribution in [0.2, 0.25) is 0 Å². The van der Waals surface area contributed by atoms with Crippen molar-refractivity contribution >= 4 is 11.7 Å². The number of nitrogen functional groups attached to an aromatic ring is 1. The van der Waals surface area contributed by atoms with E-state index in [1.807, 2.05) is 0 Å². The number of carbonyl (C=O) groups is 1. The zero-order chi connectivity index (χ0) is 13.7. The van der Waals surface area contributed by atoms with Crippen LogP contribution < -0.4 is 5.73 Å². The minimum absolute atomic E-state index is 0.0294. The molecular weight excluding hydrogens is 246 g/mol. The smallest absolute Gasteiger partial charge is 0.255 e. The van der Waals surface area contributed by atoms with Crippen LogP contribution in [0.25, 0.3) is 0 Å². The lowest BCUT2D eigenvalue weighted by molar-refractivity contribution is -0.0332. The summed E-state index contributed by atoms with van der Waals surface area (Å²) < 4.78 is 10.6. The molecule has 0 bridgehead atoms. The van der Waals surface area contributed by atoms with E-state index < -0.39 is 0 Å². The number of morpholine rings is 1. The monoisotopic (exact) mass is 265 g/mol. The molecule has 2 N–H and O–H groups in total. The summed E-state index contributed by atoms with van der Waals surface area (Å²) in [7, 11) is 1.66. The zero-order valence-corrected chi connectivity index (χ0v) is 11.0. The molecule has 1 aromatic rings. The van der Waals surface area contributed by atoms with Gasteiger partial charge in [-0.25, -0.2) is 4.98 Å². The van der Waals surface area contributed by atoms with Crippen molar-refractivity contribution in [3.8, 4) is 0 Å². The molecule has 0 radical (unpaired) electrons. The van der Waals surface area contributed by atoms with Gasteiger partial charge in [0.05, 0.1) is 18.3 Å². The van der Waals surface area contributed by atoms with Crippen molar-refractivity contribution < 1.29 is 14.3 Å². The molecule has 0 saturated carbocycles. The molecule has 1 aliphatic heterocycles. The maximum atomic E-state index is 12.3. The molecule has 2 rings (SSSR count). The van der Waals surface area contributed by atoms with Crippen molar-refractivity contribution in [1.82, 2.24) is 9.88 Å². The van der Waals surface area contributed by atoms with Gasteiger partial charge in [0.1, 0.15) is 5.82 Å². The van der Waals surface area contributed by atoms with Gasteiger partial charge in [-0.2, -0.15) is 0 Å². The standard InChI is InChI=1S/C13H19N3O3/c1-18-6-4-11-9-16(5-7-19-11)13(17)10-2-3-12(14)15-8-10/h2-3,8,11H,4-7,9H2,1H3,(H2,14,15)/t11-/m1/s1. The van der Waals surface area contributed by atoms with Gasteiger partial charge in [0.2, 0.25) is 0 Å². The summed E-state index contributed by atoms with van der Waals surface area (Å²) in [6, 6.07) is 3.33. The van der Waals surface area contributed by atoms with E-state index in [9.17, 15) is 4.79 Å². The van der Waals surface area contributed by atoms with Crippen molar-refractivity contribution in [2.45, 2.75) is 12.5 Å². The molecule has 1 atom stereocenters. The highest BCUT2D eigenvalue weighted by Gasteiger charge is 2.24. The first kappa shape index (κ1) is 13.8. The molecule has 1 aliphatic rings. The third-order valence-corrected chi connectivity index (χ3v) is 3.10. The third kappa shape index (κ3) is 3.65. The maximum absolute atomic E-state index is 12.3. The molecule has 1 amide bonds. The van der Waals surface area contributed by atoms with E-state index in [1.165, 1.54) is 6.20 Å². The molecule has 0 unspecified atom stereocenters. The Morgan fingerprint density at radius 2 is 2.47 bits per heavy atom. The average molecular weight is 265 g/mol. The van der Waals surface area contributed by atoms with Crippen molar-refractivity contribution in [2.75, 3.05) is 39.1 Å². The number of nitrogens with two attached hydrogens (primary N) is 1. The van der Waals surface area contributed by atoms with Gasteiger partial charge >= 0.3 is 0 Å². The van der Waals surface area contributed by atoms with Crippen molar-refractivity contribution in [3.63, 3.8) is 0 Å². The fraction of sp³-hybridized carbons (Fsp3) is 0.538. The second-order valence-corrected chi connectivity index (χ2v) is 4.50. The summed E-state index contributed by atoms with van der Waals surface area (Å²) >= 11 is 0. The number of nitrogens with zero attached hydrogens (tertiary/aromatic N) is 2. The number of aromatic nitrogens is 1. The molecule has 6 heteroatoms. The first-order valence-electron chi connectivity index (χ1n) is 6.32. The topological polar surface area (TPSA) is 77.7 Å². The molecule has 19 heavy (non-hydrogen) atoms. The van der Waals surface area contributed by atoms with Crippen LogP contribution in [-0.2, 0) is 9.47 Å². The lowest BCUT2D eigenvalue weighted by atomic mass is 10.2. The van der Waals surface area contributed by atoms with Crippen LogP contribution in [-0.4, -0.2) is 55.3 Å². The highest BCUT2D eigenvalue weighted by atomic mass is 16.5. The molecule has 104 valence electrons. The summed E-state index contributed by atoms with van der Waals surface area (Å²) in [5.74, 6) is 0.384. The van der Waals surface area contributed by atoms with Crippen molar-refractivity contribution in [1.29, 1.82) is 0 Å². The number of pyridine rings is 1. The summed E-state index contributed by atoms with van der Waals surface area (Å²) in [5.41, 5.74) is 6.07. The molecule has 1 saturated heterocycles. The highest BCUT2D eigenvalue weighted by Crippen LogP contribution is 2.13. The van der Waals surface area contributed by atoms with Crippen LogP contribution in [0.4, 0.5) is 5.82 Å². The fourth-order valence-electron chi connectivity index (χ4n) is 2.04. The van der Waals surface area contributed by atoms with Gasteiger partial charge in [-0.1, -0.05) is 0 Å². The van der Waals surface area contributed by atoms with E-state index in [0.717, 1.165) is 6.42 Å². The van der Waals surface area contributed by atoms with Crippen molar-refractivity contribution in [2.24, 2.45) is 0 Å². The number of ether oxygens (including phenoxy) is 2. The van der Waals surface area contributed by atoms with Crippen LogP contribution in [0.5, 0.6) is 0 Å². The van der Waals surface area contributed by atoms with E-state index in [0.29, 0.717) is 37.7 Å². The summed E-state index contributed by atoms with van der Waals surface area (Å²) in [6.07, 6.45) is 2.34. The van der Waals surface area contributed by atoms with Gasteiger partial charge in [-0.15, -0.1) is 0 Å². The van der Waals surface area contributed by atoms with E-state index in [4.69, 9.17) is 15.2 Å². The van der Waals surface area contributed by atoms with E-state index >= 15 is 0 Å². The SMILES string of the molecule is COCC[C@@H]1CN(C(=O)c2ccc(N)nc2)CCO1. The lowest BCUT2D eigenvalue weighted by Crippen LogP contribution is -2.46.